The molecule has 5 heteroatoms. The van der Waals surface area contributed by atoms with E-state index < -0.39 is 8.00 Å². The first-order valence-corrected chi connectivity index (χ1v) is 4.95. The van der Waals surface area contributed by atoms with Crippen LogP contribution < -0.4 is 16.1 Å². The Morgan fingerprint density at radius 1 is 1.73 bits per heavy atom. The molecule has 0 fully saturated rings. The molecular weight excluding hydrogens is 163 g/mol. The van der Waals surface area contributed by atoms with Crippen molar-refractivity contribution in [3.63, 3.8) is 0 Å². The molecule has 0 rings (SSSR count). The molecule has 1 unspecified atom stereocenters. The lowest BCUT2D eigenvalue weighted by atomic mass is 10.4. The van der Waals surface area contributed by atoms with E-state index in [1.807, 2.05) is 6.92 Å². The summed E-state index contributed by atoms with van der Waals surface area (Å²) >= 11 is 0. The zero-order valence-electron chi connectivity index (χ0n) is 6.75. The minimum Gasteiger partial charge on any atom is -0.602 e. The summed E-state index contributed by atoms with van der Waals surface area (Å²) in [5.41, 5.74) is 7.67. The lowest BCUT2D eigenvalue weighted by Gasteiger charge is -1.97. The Balaban J connectivity index is 3.27. The van der Waals surface area contributed by atoms with Gasteiger partial charge in [-0.05, 0) is 6.42 Å². The maximum absolute atomic E-state index is 10.8. The molecule has 66 valence electrons. The van der Waals surface area contributed by atoms with Crippen LogP contribution in [0.3, 0.4) is 0 Å². The number of hydroxylamine groups is 1. The second-order valence-corrected chi connectivity index (χ2v) is 3.15. The lowest BCUT2D eigenvalue weighted by molar-refractivity contribution is -0.176. The van der Waals surface area contributed by atoms with Crippen LogP contribution in [0.5, 0.6) is 0 Å². The maximum Gasteiger partial charge on any atom is 0.243 e. The average Bonchev–Trinajstić information content (AvgIpc) is 2.01. The zero-order valence-corrected chi connectivity index (χ0v) is 7.64. The summed E-state index contributed by atoms with van der Waals surface area (Å²) in [4.78, 5) is 10.8. The SMILES string of the molecule is CCC/C=[P+](\[O-])ONCCN. The van der Waals surface area contributed by atoms with E-state index in [2.05, 4.69) is 5.48 Å². The Hall–Kier alpha value is 0.01000. The average molecular weight is 178 g/mol. The first-order chi connectivity index (χ1) is 5.31. The molecule has 1 atom stereocenters. The number of hydrogen-bond donors (Lipinski definition) is 2. The van der Waals surface area contributed by atoms with Gasteiger partial charge in [-0.2, -0.15) is 5.48 Å². The van der Waals surface area contributed by atoms with Crippen molar-refractivity contribution in [3.05, 3.63) is 0 Å². The van der Waals surface area contributed by atoms with Crippen LogP contribution in [-0.2, 0) is 4.62 Å². The van der Waals surface area contributed by atoms with Crippen molar-refractivity contribution in [2.75, 3.05) is 13.1 Å². The molecule has 0 spiro atoms. The molecule has 3 N–H and O–H groups in total. The summed E-state index contributed by atoms with van der Waals surface area (Å²) in [7, 11) is -1.64. The van der Waals surface area contributed by atoms with Gasteiger partial charge in [-0.1, -0.05) is 11.5 Å². The first-order valence-electron chi connectivity index (χ1n) is 3.70. The van der Waals surface area contributed by atoms with Crippen LogP contribution in [0, 0.1) is 0 Å². The Labute approximate surface area is 68.2 Å². The van der Waals surface area contributed by atoms with E-state index in [1.165, 1.54) is 0 Å². The van der Waals surface area contributed by atoms with Gasteiger partial charge in [-0.25, -0.2) is 0 Å². The fourth-order valence-electron chi connectivity index (χ4n) is 0.440. The molecule has 11 heavy (non-hydrogen) atoms. The highest BCUT2D eigenvalue weighted by molar-refractivity contribution is 7.44. The third-order valence-electron chi connectivity index (χ3n) is 0.968. The number of unbranched alkanes of at least 4 members (excludes halogenated alkanes) is 1. The van der Waals surface area contributed by atoms with Gasteiger partial charge in [0.1, 0.15) is 5.80 Å². The van der Waals surface area contributed by atoms with E-state index in [0.717, 1.165) is 12.8 Å². The van der Waals surface area contributed by atoms with Gasteiger partial charge >= 0.3 is 0 Å². The van der Waals surface area contributed by atoms with E-state index in [0.29, 0.717) is 13.1 Å². The van der Waals surface area contributed by atoms with Crippen LogP contribution in [0.25, 0.3) is 0 Å². The van der Waals surface area contributed by atoms with Crippen molar-refractivity contribution in [2.45, 2.75) is 19.8 Å². The van der Waals surface area contributed by atoms with Gasteiger partial charge in [0.25, 0.3) is 0 Å². The molecule has 0 saturated carbocycles. The largest absolute Gasteiger partial charge is 0.602 e. The predicted octanol–water partition coefficient (Wildman–Crippen LogP) is -0.259. The van der Waals surface area contributed by atoms with Crippen molar-refractivity contribution in [2.24, 2.45) is 5.73 Å². The normalized spacial score (nSPS) is 12.1. The number of rotatable bonds is 6. The molecule has 0 aliphatic rings. The monoisotopic (exact) mass is 178 g/mol. The smallest absolute Gasteiger partial charge is 0.243 e. The molecule has 0 aliphatic heterocycles. The van der Waals surface area contributed by atoms with Gasteiger partial charge in [0.2, 0.25) is 8.00 Å². The molecule has 0 saturated heterocycles. The van der Waals surface area contributed by atoms with Crippen LogP contribution >= 0.6 is 8.00 Å². The van der Waals surface area contributed by atoms with Gasteiger partial charge in [-0.15, -0.1) is 0 Å². The lowest BCUT2D eigenvalue weighted by Crippen LogP contribution is -2.21. The number of nitrogens with one attached hydrogen (secondary N) is 1. The second-order valence-electron chi connectivity index (χ2n) is 2.03. The fraction of sp³-hybridized carbons (Fsp3) is 0.833. The number of nitrogens with two attached hydrogens (primary N) is 1. The van der Waals surface area contributed by atoms with Crippen LogP contribution in [0.4, 0.5) is 0 Å². The molecule has 0 aliphatic carbocycles. The second kappa shape index (κ2) is 8.11. The quantitative estimate of drug-likeness (QED) is 0.334. The Kier molecular flexibility index (Phi) is 8.12. The standard InChI is InChI=1S/C6H15N2O2P/c1-2-3-6-11(9)10-8-5-4-7/h6,8H,2-5,7H2,1H3. The van der Waals surface area contributed by atoms with Crippen molar-refractivity contribution < 1.29 is 9.52 Å². The summed E-state index contributed by atoms with van der Waals surface area (Å²) in [6.45, 7) is 3.03. The maximum atomic E-state index is 10.8. The van der Waals surface area contributed by atoms with Crippen LogP contribution in [-0.4, -0.2) is 18.9 Å². The van der Waals surface area contributed by atoms with Crippen molar-refractivity contribution in [1.29, 1.82) is 0 Å². The summed E-state index contributed by atoms with van der Waals surface area (Å²) in [6, 6.07) is 0. The molecule has 0 bridgehead atoms. The van der Waals surface area contributed by atoms with Gasteiger partial charge in [0.15, 0.2) is 0 Å². The van der Waals surface area contributed by atoms with E-state index in [9.17, 15) is 4.89 Å². The molecule has 4 nitrogen and oxygen atoms in total. The summed E-state index contributed by atoms with van der Waals surface area (Å²) in [5.74, 6) is 1.65. The van der Waals surface area contributed by atoms with Gasteiger partial charge in [0.05, 0.1) is 0 Å². The van der Waals surface area contributed by atoms with E-state index in [4.69, 9.17) is 10.4 Å². The van der Waals surface area contributed by atoms with Crippen LogP contribution in [0.2, 0.25) is 0 Å². The highest BCUT2D eigenvalue weighted by Crippen LogP contribution is 2.08. The Morgan fingerprint density at radius 3 is 3.00 bits per heavy atom. The summed E-state index contributed by atoms with van der Waals surface area (Å²) in [6.07, 6.45) is 1.81. The summed E-state index contributed by atoms with van der Waals surface area (Å²) in [5, 5.41) is 0. The van der Waals surface area contributed by atoms with Gasteiger partial charge in [-0.3, -0.25) is 0 Å². The molecule has 0 amide bonds. The van der Waals surface area contributed by atoms with Crippen molar-refractivity contribution in [3.8, 4) is 0 Å². The minimum absolute atomic E-state index is 0.483. The highest BCUT2D eigenvalue weighted by Gasteiger charge is 1.94. The minimum atomic E-state index is -1.64. The Bertz CT molecular complexity index is 119. The molecule has 0 heterocycles. The first kappa shape index (κ1) is 11.0. The van der Waals surface area contributed by atoms with Crippen LogP contribution in [0.15, 0.2) is 0 Å². The molecule has 0 radical (unpaired) electrons. The van der Waals surface area contributed by atoms with Crippen molar-refractivity contribution in [1.82, 2.24) is 5.48 Å². The molecule has 0 aromatic carbocycles. The molecule has 0 aromatic rings. The van der Waals surface area contributed by atoms with Crippen molar-refractivity contribution >= 4 is 13.8 Å². The summed E-state index contributed by atoms with van der Waals surface area (Å²) < 4.78 is 4.71. The molecular formula is C6H15N2O2P. The molecule has 0 aromatic heterocycles. The fourth-order valence-corrected chi connectivity index (χ4v) is 1.20. The Morgan fingerprint density at radius 2 is 2.45 bits per heavy atom. The zero-order chi connectivity index (χ0) is 8.53. The number of hydrogen-bond acceptors (Lipinski definition) is 4. The van der Waals surface area contributed by atoms with E-state index in [-0.39, 0.29) is 0 Å². The third kappa shape index (κ3) is 7.91. The van der Waals surface area contributed by atoms with E-state index >= 15 is 0 Å². The highest BCUT2D eigenvalue weighted by atomic mass is 31.1. The topological polar surface area (TPSA) is 70.3 Å². The van der Waals surface area contributed by atoms with Gasteiger partial charge in [0, 0.05) is 19.5 Å². The predicted molar refractivity (Wildman–Crippen MR) is 46.0 cm³/mol. The van der Waals surface area contributed by atoms with Gasteiger partial charge < -0.3 is 10.6 Å². The van der Waals surface area contributed by atoms with Crippen LogP contribution in [0.1, 0.15) is 19.8 Å². The third-order valence-corrected chi connectivity index (χ3v) is 1.83. The van der Waals surface area contributed by atoms with E-state index in [1.54, 1.807) is 5.80 Å².